The van der Waals surface area contributed by atoms with Crippen LogP contribution in [0, 0.1) is 0 Å². The number of aromatic hydroxyl groups is 1. The van der Waals surface area contributed by atoms with E-state index in [-0.39, 0.29) is 11.5 Å². The molecule has 6 nitrogen and oxygen atoms in total. The Morgan fingerprint density at radius 2 is 2.04 bits per heavy atom. The number of carbonyl (C=O) groups excluding carboxylic acids is 1. The molecule has 2 aromatic carbocycles. The molecule has 26 heavy (non-hydrogen) atoms. The summed E-state index contributed by atoms with van der Waals surface area (Å²) in [6.45, 7) is 1.57. The number of nitrogens with one attached hydrogen (secondary N) is 1. The van der Waals surface area contributed by atoms with Crippen molar-refractivity contribution in [3.63, 3.8) is 0 Å². The van der Waals surface area contributed by atoms with Gasteiger partial charge in [-0.05, 0) is 58.7 Å². The normalized spacial score (nSPS) is 12.0. The number of nitrogens with zero attached hydrogens (tertiary/aromatic N) is 1. The number of ether oxygens (including phenoxy) is 2. The van der Waals surface area contributed by atoms with E-state index in [4.69, 9.17) is 32.7 Å². The SMILES string of the molecule is COc1cc(/C=N/NC(=O)[C@@H](C)Oc2ccc(Cl)cc2Cl)cc(Br)c1O. The number of halogens is 3. The average molecular weight is 462 g/mol. The molecule has 0 unspecified atom stereocenters. The average Bonchev–Trinajstić information content (AvgIpc) is 2.60. The number of hydrogen-bond acceptors (Lipinski definition) is 5. The topological polar surface area (TPSA) is 80.2 Å². The number of benzene rings is 2. The maximum atomic E-state index is 12.1. The second kappa shape index (κ2) is 9.12. The minimum absolute atomic E-state index is 0.0180. The van der Waals surface area contributed by atoms with Crippen LogP contribution in [0.2, 0.25) is 10.0 Å². The Bertz CT molecular complexity index is 846. The molecule has 0 saturated heterocycles. The Kier molecular flexibility index (Phi) is 7.14. The van der Waals surface area contributed by atoms with E-state index in [0.717, 1.165) is 0 Å². The Balaban J connectivity index is 1.99. The first kappa shape index (κ1) is 20.4. The number of carbonyl (C=O) groups is 1. The molecular formula is C17H15BrCl2N2O4. The molecule has 2 N–H and O–H groups in total. The zero-order chi connectivity index (χ0) is 19.3. The monoisotopic (exact) mass is 460 g/mol. The van der Waals surface area contributed by atoms with Crippen LogP contribution in [0.3, 0.4) is 0 Å². The lowest BCUT2D eigenvalue weighted by molar-refractivity contribution is -0.127. The van der Waals surface area contributed by atoms with Gasteiger partial charge in [0.25, 0.3) is 5.91 Å². The molecule has 1 amide bonds. The number of phenols is 1. The number of methoxy groups -OCH3 is 1. The fourth-order valence-corrected chi connectivity index (χ4v) is 2.81. The van der Waals surface area contributed by atoms with Gasteiger partial charge in [-0.25, -0.2) is 5.43 Å². The molecule has 0 fully saturated rings. The van der Waals surface area contributed by atoms with E-state index in [9.17, 15) is 9.90 Å². The number of hydrogen-bond donors (Lipinski definition) is 2. The largest absolute Gasteiger partial charge is 0.503 e. The molecule has 0 bridgehead atoms. The predicted molar refractivity (Wildman–Crippen MR) is 105 cm³/mol. The third-order valence-corrected chi connectivity index (χ3v) is 4.36. The lowest BCUT2D eigenvalue weighted by Crippen LogP contribution is -2.33. The van der Waals surface area contributed by atoms with E-state index in [2.05, 4.69) is 26.5 Å². The summed E-state index contributed by atoms with van der Waals surface area (Å²) in [6, 6.07) is 7.92. The van der Waals surface area contributed by atoms with Crippen LogP contribution in [0.15, 0.2) is 39.9 Å². The summed E-state index contributed by atoms with van der Waals surface area (Å²) in [4.78, 5) is 12.1. The van der Waals surface area contributed by atoms with E-state index < -0.39 is 12.0 Å². The molecule has 9 heteroatoms. The first-order chi connectivity index (χ1) is 12.3. The van der Waals surface area contributed by atoms with E-state index in [1.807, 2.05) is 0 Å². The summed E-state index contributed by atoms with van der Waals surface area (Å²) in [5.41, 5.74) is 2.98. The standard InChI is InChI=1S/C17H15BrCl2N2O4/c1-9(26-14-4-3-11(19)7-13(14)20)17(24)22-21-8-10-5-12(18)16(23)15(6-10)25-2/h3-9,23H,1-2H3,(H,22,24)/b21-8+/t9-/m1/s1. The van der Waals surface area contributed by atoms with Crippen molar-refractivity contribution in [3.05, 3.63) is 50.4 Å². The summed E-state index contributed by atoms with van der Waals surface area (Å²) in [5, 5.41) is 14.4. The van der Waals surface area contributed by atoms with Gasteiger partial charge in [0.1, 0.15) is 5.75 Å². The summed E-state index contributed by atoms with van der Waals surface area (Å²) < 4.78 is 11.0. The maximum absolute atomic E-state index is 12.1. The first-order valence-electron chi connectivity index (χ1n) is 7.33. The Morgan fingerprint density at radius 3 is 2.69 bits per heavy atom. The van der Waals surface area contributed by atoms with E-state index in [1.54, 1.807) is 31.2 Å². The Hall–Kier alpha value is -1.96. The van der Waals surface area contributed by atoms with Gasteiger partial charge in [0.2, 0.25) is 0 Å². The van der Waals surface area contributed by atoms with Gasteiger partial charge >= 0.3 is 0 Å². The molecule has 0 aromatic heterocycles. The van der Waals surface area contributed by atoms with E-state index >= 15 is 0 Å². The van der Waals surface area contributed by atoms with Gasteiger partial charge in [0.15, 0.2) is 17.6 Å². The van der Waals surface area contributed by atoms with Crippen molar-refractivity contribution in [3.8, 4) is 17.2 Å². The van der Waals surface area contributed by atoms with Gasteiger partial charge < -0.3 is 14.6 Å². The molecule has 2 rings (SSSR count). The van der Waals surface area contributed by atoms with Gasteiger partial charge in [0.05, 0.1) is 22.8 Å². The highest BCUT2D eigenvalue weighted by molar-refractivity contribution is 9.10. The summed E-state index contributed by atoms with van der Waals surface area (Å²) in [7, 11) is 1.44. The van der Waals surface area contributed by atoms with Crippen LogP contribution in [0.1, 0.15) is 12.5 Å². The molecule has 138 valence electrons. The molecule has 0 aliphatic carbocycles. The zero-order valence-corrected chi connectivity index (χ0v) is 16.9. The number of amides is 1. The van der Waals surface area contributed by atoms with Crippen molar-refractivity contribution in [2.24, 2.45) is 5.10 Å². The van der Waals surface area contributed by atoms with Gasteiger partial charge in [-0.1, -0.05) is 23.2 Å². The quantitative estimate of drug-likeness (QED) is 0.493. The zero-order valence-electron chi connectivity index (χ0n) is 13.8. The van der Waals surface area contributed by atoms with Crippen molar-refractivity contribution in [2.45, 2.75) is 13.0 Å². The van der Waals surface area contributed by atoms with E-state index in [0.29, 0.717) is 25.8 Å². The van der Waals surface area contributed by atoms with Crippen molar-refractivity contribution in [2.75, 3.05) is 7.11 Å². The van der Waals surface area contributed by atoms with Crippen LogP contribution in [0.4, 0.5) is 0 Å². The first-order valence-corrected chi connectivity index (χ1v) is 8.88. The van der Waals surface area contributed by atoms with Crippen LogP contribution in [0.5, 0.6) is 17.2 Å². The van der Waals surface area contributed by atoms with Gasteiger partial charge in [-0.15, -0.1) is 0 Å². The van der Waals surface area contributed by atoms with Crippen molar-refractivity contribution in [1.82, 2.24) is 5.43 Å². The molecule has 1 atom stereocenters. The second-order valence-electron chi connectivity index (χ2n) is 5.12. The number of hydrazone groups is 1. The lowest BCUT2D eigenvalue weighted by atomic mass is 10.2. The highest BCUT2D eigenvalue weighted by atomic mass is 79.9. The van der Waals surface area contributed by atoms with Crippen LogP contribution in [0.25, 0.3) is 0 Å². The lowest BCUT2D eigenvalue weighted by Gasteiger charge is -2.14. The van der Waals surface area contributed by atoms with Crippen molar-refractivity contribution < 1.29 is 19.4 Å². The van der Waals surface area contributed by atoms with Crippen LogP contribution in [-0.2, 0) is 4.79 Å². The van der Waals surface area contributed by atoms with Gasteiger partial charge in [-0.3, -0.25) is 4.79 Å². The fraction of sp³-hybridized carbons (Fsp3) is 0.176. The molecule has 0 spiro atoms. The molecule has 0 aliphatic rings. The van der Waals surface area contributed by atoms with E-state index in [1.165, 1.54) is 19.4 Å². The summed E-state index contributed by atoms with van der Waals surface area (Å²) >= 11 is 15.0. The number of rotatable bonds is 6. The van der Waals surface area contributed by atoms with Gasteiger partial charge in [0, 0.05) is 5.02 Å². The highest BCUT2D eigenvalue weighted by Crippen LogP contribution is 2.34. The third kappa shape index (κ3) is 5.27. The third-order valence-electron chi connectivity index (χ3n) is 3.23. The Morgan fingerprint density at radius 1 is 1.31 bits per heavy atom. The molecule has 0 aliphatic heterocycles. The summed E-state index contributed by atoms with van der Waals surface area (Å²) in [6.07, 6.45) is 0.582. The second-order valence-corrected chi connectivity index (χ2v) is 6.82. The van der Waals surface area contributed by atoms with Crippen LogP contribution >= 0.6 is 39.1 Å². The fourth-order valence-electron chi connectivity index (χ4n) is 1.90. The minimum atomic E-state index is -0.827. The van der Waals surface area contributed by atoms with Crippen LogP contribution in [-0.4, -0.2) is 30.4 Å². The highest BCUT2D eigenvalue weighted by Gasteiger charge is 2.16. The minimum Gasteiger partial charge on any atom is -0.503 e. The molecule has 0 heterocycles. The predicted octanol–water partition coefficient (Wildman–Crippen LogP) is 4.39. The molecule has 0 saturated carbocycles. The molecule has 0 radical (unpaired) electrons. The molecular weight excluding hydrogens is 447 g/mol. The summed E-state index contributed by atoms with van der Waals surface area (Å²) in [5.74, 6) is 0.142. The van der Waals surface area contributed by atoms with Crippen molar-refractivity contribution >= 4 is 51.3 Å². The Labute approximate surface area is 168 Å². The smallest absolute Gasteiger partial charge is 0.280 e. The molecule has 2 aromatic rings. The van der Waals surface area contributed by atoms with Gasteiger partial charge in [-0.2, -0.15) is 5.10 Å². The number of phenolic OH excluding ortho intramolecular Hbond substituents is 1. The maximum Gasteiger partial charge on any atom is 0.280 e. The van der Waals surface area contributed by atoms with Crippen LogP contribution < -0.4 is 14.9 Å². The van der Waals surface area contributed by atoms with Crippen molar-refractivity contribution in [1.29, 1.82) is 0 Å².